The smallest absolute Gasteiger partial charge is 0.138 e. The second-order valence-corrected chi connectivity index (χ2v) is 7.28. The molecule has 0 atom stereocenters. The third kappa shape index (κ3) is 5.82. The van der Waals surface area contributed by atoms with Crippen LogP contribution in [0.2, 0.25) is 0 Å². The number of carbonyl (C=O) groups excluding carboxylic acids is 1. The SMILES string of the molecule is CC(C)C(=O)C1CCN(C2CCN(CCOCCO)CC2)CC1. The molecule has 0 aromatic carbocycles. The highest BCUT2D eigenvalue weighted by Crippen LogP contribution is 2.25. The number of likely N-dealkylation sites (tertiary alicyclic amines) is 2. The Balaban J connectivity index is 1.64. The molecule has 0 aromatic heterocycles. The van der Waals surface area contributed by atoms with Crippen molar-refractivity contribution in [3.63, 3.8) is 0 Å². The molecule has 0 saturated carbocycles. The average Bonchev–Trinajstić information content (AvgIpc) is 2.59. The van der Waals surface area contributed by atoms with Crippen molar-refractivity contribution in [1.82, 2.24) is 9.80 Å². The molecule has 2 aliphatic rings. The van der Waals surface area contributed by atoms with Crippen molar-refractivity contribution in [2.45, 2.75) is 45.6 Å². The van der Waals surface area contributed by atoms with Crippen LogP contribution in [0.5, 0.6) is 0 Å². The third-order valence-corrected chi connectivity index (χ3v) is 5.36. The Kier molecular flexibility index (Phi) is 7.96. The molecule has 1 N–H and O–H groups in total. The fourth-order valence-corrected chi connectivity index (χ4v) is 3.89. The van der Waals surface area contributed by atoms with Crippen LogP contribution in [0, 0.1) is 11.8 Å². The molecule has 2 heterocycles. The van der Waals surface area contributed by atoms with Gasteiger partial charge in [0.2, 0.25) is 0 Å². The van der Waals surface area contributed by atoms with Crippen molar-refractivity contribution in [2.75, 3.05) is 52.5 Å². The maximum absolute atomic E-state index is 12.1. The second kappa shape index (κ2) is 9.72. The lowest BCUT2D eigenvalue weighted by Crippen LogP contribution is -2.49. The van der Waals surface area contributed by atoms with Gasteiger partial charge in [-0.3, -0.25) is 4.79 Å². The Labute approximate surface area is 141 Å². The molecule has 134 valence electrons. The molecule has 0 amide bonds. The van der Waals surface area contributed by atoms with E-state index in [-0.39, 0.29) is 12.5 Å². The molecule has 5 heteroatoms. The molecule has 2 saturated heterocycles. The van der Waals surface area contributed by atoms with E-state index in [1.54, 1.807) is 0 Å². The summed E-state index contributed by atoms with van der Waals surface area (Å²) < 4.78 is 5.35. The zero-order chi connectivity index (χ0) is 16.7. The van der Waals surface area contributed by atoms with Gasteiger partial charge in [0, 0.05) is 24.4 Å². The summed E-state index contributed by atoms with van der Waals surface area (Å²) in [5.41, 5.74) is 0. The van der Waals surface area contributed by atoms with Crippen molar-refractivity contribution in [1.29, 1.82) is 0 Å². The Bertz CT molecular complexity index is 346. The molecule has 2 rings (SSSR count). The van der Waals surface area contributed by atoms with E-state index in [9.17, 15) is 4.79 Å². The van der Waals surface area contributed by atoms with Gasteiger partial charge in [0.15, 0.2) is 0 Å². The Morgan fingerprint density at radius 1 is 1.09 bits per heavy atom. The number of rotatable bonds is 8. The molecule has 0 unspecified atom stereocenters. The van der Waals surface area contributed by atoms with Gasteiger partial charge in [0.25, 0.3) is 0 Å². The van der Waals surface area contributed by atoms with Gasteiger partial charge < -0.3 is 19.6 Å². The van der Waals surface area contributed by atoms with Crippen molar-refractivity contribution in [3.8, 4) is 0 Å². The highest BCUT2D eigenvalue weighted by molar-refractivity contribution is 5.82. The molecular formula is C18H34N2O3. The number of nitrogens with zero attached hydrogens (tertiary/aromatic N) is 2. The van der Waals surface area contributed by atoms with Gasteiger partial charge in [-0.2, -0.15) is 0 Å². The number of Topliss-reactive ketones (excluding diaryl/α,β-unsaturated/α-hetero) is 1. The van der Waals surface area contributed by atoms with Crippen LogP contribution in [0.15, 0.2) is 0 Å². The van der Waals surface area contributed by atoms with E-state index in [0.29, 0.717) is 31.0 Å². The molecule has 23 heavy (non-hydrogen) atoms. The van der Waals surface area contributed by atoms with Crippen LogP contribution >= 0.6 is 0 Å². The standard InChI is InChI=1S/C18H34N2O3/c1-15(2)18(22)16-3-9-20(10-4-16)17-5-7-19(8-6-17)11-13-23-14-12-21/h15-17,21H,3-14H2,1-2H3. The lowest BCUT2D eigenvalue weighted by atomic mass is 9.86. The van der Waals surface area contributed by atoms with Crippen molar-refractivity contribution < 1.29 is 14.6 Å². The van der Waals surface area contributed by atoms with E-state index in [1.807, 2.05) is 13.8 Å². The summed E-state index contributed by atoms with van der Waals surface area (Å²) in [4.78, 5) is 17.2. The van der Waals surface area contributed by atoms with Gasteiger partial charge in [0.1, 0.15) is 5.78 Å². The Morgan fingerprint density at radius 2 is 1.74 bits per heavy atom. The number of hydrogen-bond acceptors (Lipinski definition) is 5. The molecule has 0 spiro atoms. The van der Waals surface area contributed by atoms with Crippen LogP contribution in [0.4, 0.5) is 0 Å². The van der Waals surface area contributed by atoms with E-state index in [4.69, 9.17) is 9.84 Å². The minimum absolute atomic E-state index is 0.108. The fraction of sp³-hybridized carbons (Fsp3) is 0.944. The number of aliphatic hydroxyl groups is 1. The predicted octanol–water partition coefficient (Wildman–Crippen LogP) is 1.40. The molecule has 0 bridgehead atoms. The van der Waals surface area contributed by atoms with Gasteiger partial charge in [-0.15, -0.1) is 0 Å². The number of hydrogen-bond donors (Lipinski definition) is 1. The third-order valence-electron chi connectivity index (χ3n) is 5.36. The number of ketones is 1. The first-order chi connectivity index (χ1) is 11.1. The average molecular weight is 326 g/mol. The topological polar surface area (TPSA) is 53.0 Å². The number of aliphatic hydroxyl groups excluding tert-OH is 1. The number of piperidine rings is 2. The quantitative estimate of drug-likeness (QED) is 0.683. The first kappa shape index (κ1) is 18.8. The van der Waals surface area contributed by atoms with Gasteiger partial charge in [-0.25, -0.2) is 0 Å². The van der Waals surface area contributed by atoms with Crippen LogP contribution < -0.4 is 0 Å². The lowest BCUT2D eigenvalue weighted by Gasteiger charge is -2.41. The first-order valence-electron chi connectivity index (χ1n) is 9.30. The summed E-state index contributed by atoms with van der Waals surface area (Å²) >= 11 is 0. The van der Waals surface area contributed by atoms with Crippen LogP contribution in [-0.2, 0) is 9.53 Å². The van der Waals surface area contributed by atoms with Gasteiger partial charge in [-0.05, 0) is 51.9 Å². The molecule has 0 radical (unpaired) electrons. The summed E-state index contributed by atoms with van der Waals surface area (Å²) in [7, 11) is 0. The van der Waals surface area contributed by atoms with Gasteiger partial charge in [0.05, 0.1) is 19.8 Å². The summed E-state index contributed by atoms with van der Waals surface area (Å²) in [5.74, 6) is 0.945. The van der Waals surface area contributed by atoms with E-state index in [2.05, 4.69) is 9.80 Å². The maximum atomic E-state index is 12.1. The van der Waals surface area contributed by atoms with Crippen LogP contribution in [0.25, 0.3) is 0 Å². The molecule has 0 aliphatic carbocycles. The second-order valence-electron chi connectivity index (χ2n) is 7.28. The minimum atomic E-state index is 0.108. The summed E-state index contributed by atoms with van der Waals surface area (Å²) in [6.07, 6.45) is 4.55. The summed E-state index contributed by atoms with van der Waals surface area (Å²) in [5, 5.41) is 8.70. The Morgan fingerprint density at radius 3 is 2.30 bits per heavy atom. The molecule has 2 fully saturated rings. The normalized spacial score (nSPS) is 22.8. The van der Waals surface area contributed by atoms with Crippen molar-refractivity contribution in [2.24, 2.45) is 11.8 Å². The molecule has 5 nitrogen and oxygen atoms in total. The van der Waals surface area contributed by atoms with Gasteiger partial charge in [-0.1, -0.05) is 13.8 Å². The highest BCUT2D eigenvalue weighted by Gasteiger charge is 2.31. The highest BCUT2D eigenvalue weighted by atomic mass is 16.5. The maximum Gasteiger partial charge on any atom is 0.138 e. The molecule has 2 aliphatic heterocycles. The zero-order valence-corrected chi connectivity index (χ0v) is 14.9. The number of carbonyl (C=O) groups is 1. The van der Waals surface area contributed by atoms with E-state index in [1.165, 1.54) is 12.8 Å². The summed E-state index contributed by atoms with van der Waals surface area (Å²) in [6, 6.07) is 0.694. The number of ether oxygens (including phenoxy) is 1. The van der Waals surface area contributed by atoms with Crippen LogP contribution in [-0.4, -0.2) is 79.3 Å². The van der Waals surface area contributed by atoms with Crippen LogP contribution in [0.3, 0.4) is 0 Å². The van der Waals surface area contributed by atoms with Crippen molar-refractivity contribution >= 4 is 5.78 Å². The zero-order valence-electron chi connectivity index (χ0n) is 14.9. The molecular weight excluding hydrogens is 292 g/mol. The van der Waals surface area contributed by atoms with Crippen molar-refractivity contribution in [3.05, 3.63) is 0 Å². The van der Waals surface area contributed by atoms with E-state index in [0.717, 1.165) is 45.6 Å². The Hall–Kier alpha value is -0.490. The van der Waals surface area contributed by atoms with Crippen LogP contribution in [0.1, 0.15) is 39.5 Å². The summed E-state index contributed by atoms with van der Waals surface area (Å²) in [6.45, 7) is 10.7. The van der Waals surface area contributed by atoms with E-state index < -0.39 is 0 Å². The predicted molar refractivity (Wildman–Crippen MR) is 91.5 cm³/mol. The minimum Gasteiger partial charge on any atom is -0.394 e. The van der Waals surface area contributed by atoms with E-state index >= 15 is 0 Å². The van der Waals surface area contributed by atoms with Gasteiger partial charge >= 0.3 is 0 Å². The molecule has 0 aromatic rings. The lowest BCUT2D eigenvalue weighted by molar-refractivity contribution is -0.127. The largest absolute Gasteiger partial charge is 0.394 e. The fourth-order valence-electron chi connectivity index (χ4n) is 3.89. The monoisotopic (exact) mass is 326 g/mol. The first-order valence-corrected chi connectivity index (χ1v) is 9.30.